The molecule has 0 heterocycles. The predicted molar refractivity (Wildman–Crippen MR) is 83.7 cm³/mol. The van der Waals surface area contributed by atoms with Crippen LogP contribution in [0.3, 0.4) is 0 Å². The minimum Gasteiger partial charge on any atom is -0.481 e. The summed E-state index contributed by atoms with van der Waals surface area (Å²) < 4.78 is 0. The van der Waals surface area contributed by atoms with E-state index in [1.165, 1.54) is 11.8 Å². The summed E-state index contributed by atoms with van der Waals surface area (Å²) in [6, 6.07) is 7.33. The highest BCUT2D eigenvalue weighted by Crippen LogP contribution is 2.43. The van der Waals surface area contributed by atoms with Crippen molar-refractivity contribution in [2.75, 3.05) is 12.3 Å². The van der Waals surface area contributed by atoms with E-state index in [4.69, 9.17) is 16.7 Å². The van der Waals surface area contributed by atoms with Crippen LogP contribution in [0.25, 0.3) is 0 Å². The van der Waals surface area contributed by atoms with Gasteiger partial charge in [-0.3, -0.25) is 9.59 Å². The maximum absolute atomic E-state index is 11.9. The molecular weight excluding hydrogens is 310 g/mol. The maximum Gasteiger partial charge on any atom is 0.303 e. The summed E-state index contributed by atoms with van der Waals surface area (Å²) in [5.74, 6) is -0.531. The molecule has 21 heavy (non-hydrogen) atoms. The van der Waals surface area contributed by atoms with Gasteiger partial charge in [-0.1, -0.05) is 18.0 Å². The smallest absolute Gasteiger partial charge is 0.303 e. The normalized spacial score (nSPS) is 16.0. The molecule has 0 bridgehead atoms. The van der Waals surface area contributed by atoms with Crippen LogP contribution in [0.5, 0.6) is 0 Å². The van der Waals surface area contributed by atoms with Gasteiger partial charge in [-0.2, -0.15) is 0 Å². The van der Waals surface area contributed by atoms with Gasteiger partial charge in [-0.15, -0.1) is 11.8 Å². The Morgan fingerprint density at radius 3 is 2.48 bits per heavy atom. The highest BCUT2D eigenvalue weighted by Gasteiger charge is 2.39. The number of carboxylic acid groups (broad SMARTS) is 1. The van der Waals surface area contributed by atoms with Crippen molar-refractivity contribution in [3.63, 3.8) is 0 Å². The molecule has 114 valence electrons. The Morgan fingerprint density at radius 2 is 1.95 bits per heavy atom. The van der Waals surface area contributed by atoms with Crippen LogP contribution in [0.2, 0.25) is 5.02 Å². The van der Waals surface area contributed by atoms with Crippen molar-refractivity contribution in [2.45, 2.75) is 30.6 Å². The molecule has 0 aliphatic heterocycles. The van der Waals surface area contributed by atoms with Gasteiger partial charge in [0, 0.05) is 16.5 Å². The number of benzene rings is 1. The quantitative estimate of drug-likeness (QED) is 0.755. The van der Waals surface area contributed by atoms with Crippen LogP contribution >= 0.6 is 23.4 Å². The molecular formula is C15H18ClNO3S. The molecule has 0 unspecified atom stereocenters. The molecule has 0 radical (unpaired) electrons. The Balaban J connectivity index is 1.74. The molecule has 1 aliphatic carbocycles. The SMILES string of the molecule is O=C(O)CC1(CNC(=O)CSc2ccc(Cl)cc2)CCC1. The third-order valence-corrected chi connectivity index (χ3v) is 5.05. The van der Waals surface area contributed by atoms with Gasteiger partial charge >= 0.3 is 5.97 Å². The number of amides is 1. The van der Waals surface area contributed by atoms with Gasteiger partial charge in [0.05, 0.1) is 12.2 Å². The van der Waals surface area contributed by atoms with Crippen LogP contribution in [-0.4, -0.2) is 29.3 Å². The molecule has 1 aromatic carbocycles. The van der Waals surface area contributed by atoms with Crippen molar-refractivity contribution in [3.05, 3.63) is 29.3 Å². The summed E-state index contributed by atoms with van der Waals surface area (Å²) in [6.07, 6.45) is 2.94. The number of carboxylic acids is 1. The fourth-order valence-corrected chi connectivity index (χ4v) is 3.28. The molecule has 1 aromatic rings. The number of thioether (sulfide) groups is 1. The van der Waals surface area contributed by atoms with Gasteiger partial charge in [-0.05, 0) is 42.5 Å². The number of halogens is 1. The third-order valence-electron chi connectivity index (χ3n) is 3.78. The molecule has 1 saturated carbocycles. The van der Waals surface area contributed by atoms with Crippen LogP contribution in [0.15, 0.2) is 29.2 Å². The third kappa shape index (κ3) is 4.93. The Hall–Kier alpha value is -1.20. The number of carbonyl (C=O) groups is 2. The van der Waals surface area contributed by atoms with Crippen molar-refractivity contribution in [3.8, 4) is 0 Å². The second-order valence-electron chi connectivity index (χ2n) is 5.44. The average molecular weight is 328 g/mol. The van der Waals surface area contributed by atoms with Crippen molar-refractivity contribution in [1.29, 1.82) is 0 Å². The molecule has 0 atom stereocenters. The summed E-state index contributed by atoms with van der Waals surface area (Å²) in [5, 5.41) is 12.5. The second kappa shape index (κ2) is 7.18. The summed E-state index contributed by atoms with van der Waals surface area (Å²) in [7, 11) is 0. The number of hydrogen-bond donors (Lipinski definition) is 2. The topological polar surface area (TPSA) is 66.4 Å². The van der Waals surface area contributed by atoms with E-state index in [1.807, 2.05) is 12.1 Å². The van der Waals surface area contributed by atoms with Gasteiger partial charge in [0.2, 0.25) is 5.91 Å². The van der Waals surface area contributed by atoms with E-state index in [0.29, 0.717) is 17.3 Å². The Bertz CT molecular complexity index is 514. The lowest BCUT2D eigenvalue weighted by Crippen LogP contribution is -2.44. The molecule has 1 amide bonds. The number of aliphatic carboxylic acids is 1. The minimum atomic E-state index is -0.792. The fourth-order valence-electron chi connectivity index (χ4n) is 2.43. The summed E-state index contributed by atoms with van der Waals surface area (Å²) in [5.41, 5.74) is -0.230. The first-order valence-corrected chi connectivity index (χ1v) is 8.22. The Morgan fingerprint density at radius 1 is 1.29 bits per heavy atom. The van der Waals surface area contributed by atoms with Crippen molar-refractivity contribution in [2.24, 2.45) is 5.41 Å². The lowest BCUT2D eigenvalue weighted by molar-refractivity contribution is -0.141. The molecule has 0 spiro atoms. The first-order chi connectivity index (χ1) is 9.99. The van der Waals surface area contributed by atoms with Crippen LogP contribution in [0.4, 0.5) is 0 Å². The molecule has 2 rings (SSSR count). The van der Waals surface area contributed by atoms with Crippen LogP contribution in [-0.2, 0) is 9.59 Å². The van der Waals surface area contributed by atoms with Crippen molar-refractivity contribution >= 4 is 35.2 Å². The van der Waals surface area contributed by atoms with Crippen molar-refractivity contribution < 1.29 is 14.7 Å². The van der Waals surface area contributed by atoms with Crippen LogP contribution < -0.4 is 5.32 Å². The fraction of sp³-hybridized carbons (Fsp3) is 0.467. The zero-order chi connectivity index (χ0) is 15.3. The van der Waals surface area contributed by atoms with E-state index >= 15 is 0 Å². The highest BCUT2D eigenvalue weighted by atomic mass is 35.5. The van der Waals surface area contributed by atoms with E-state index in [1.54, 1.807) is 12.1 Å². The van der Waals surface area contributed by atoms with Crippen molar-refractivity contribution in [1.82, 2.24) is 5.32 Å². The van der Waals surface area contributed by atoms with Gasteiger partial charge < -0.3 is 10.4 Å². The first-order valence-electron chi connectivity index (χ1n) is 6.86. The molecule has 2 N–H and O–H groups in total. The lowest BCUT2D eigenvalue weighted by Gasteiger charge is -2.40. The average Bonchev–Trinajstić information content (AvgIpc) is 2.40. The molecule has 0 saturated heterocycles. The zero-order valence-corrected chi connectivity index (χ0v) is 13.2. The number of hydrogen-bond acceptors (Lipinski definition) is 3. The van der Waals surface area contributed by atoms with E-state index < -0.39 is 5.97 Å². The van der Waals surface area contributed by atoms with E-state index in [0.717, 1.165) is 24.2 Å². The number of nitrogens with one attached hydrogen (secondary N) is 1. The predicted octanol–water partition coefficient (Wildman–Crippen LogP) is 3.19. The standard InChI is InChI=1S/C15H18ClNO3S/c16-11-2-4-12(5-3-11)21-9-13(18)17-10-15(6-1-7-15)8-14(19)20/h2-5H,1,6-10H2,(H,17,18)(H,19,20). The van der Waals surface area contributed by atoms with Gasteiger partial charge in [0.25, 0.3) is 0 Å². The molecule has 1 fully saturated rings. The van der Waals surface area contributed by atoms with Gasteiger partial charge in [0.15, 0.2) is 0 Å². The largest absolute Gasteiger partial charge is 0.481 e. The summed E-state index contributed by atoms with van der Waals surface area (Å²) in [6.45, 7) is 0.458. The monoisotopic (exact) mass is 327 g/mol. The minimum absolute atomic E-state index is 0.0633. The zero-order valence-electron chi connectivity index (χ0n) is 11.6. The van der Waals surface area contributed by atoms with Crippen LogP contribution in [0, 0.1) is 5.41 Å². The molecule has 6 heteroatoms. The molecule has 0 aromatic heterocycles. The van der Waals surface area contributed by atoms with E-state index in [-0.39, 0.29) is 17.7 Å². The lowest BCUT2D eigenvalue weighted by atomic mass is 9.66. The second-order valence-corrected chi connectivity index (χ2v) is 6.93. The number of rotatable bonds is 7. The first kappa shape index (κ1) is 16.2. The van der Waals surface area contributed by atoms with Gasteiger partial charge in [0.1, 0.15) is 0 Å². The molecule has 4 nitrogen and oxygen atoms in total. The highest BCUT2D eigenvalue weighted by molar-refractivity contribution is 8.00. The van der Waals surface area contributed by atoms with E-state index in [2.05, 4.69) is 5.32 Å². The summed E-state index contributed by atoms with van der Waals surface area (Å²) in [4.78, 5) is 23.7. The van der Waals surface area contributed by atoms with Crippen LogP contribution in [0.1, 0.15) is 25.7 Å². The van der Waals surface area contributed by atoms with Gasteiger partial charge in [-0.25, -0.2) is 0 Å². The van der Waals surface area contributed by atoms with E-state index in [9.17, 15) is 9.59 Å². The maximum atomic E-state index is 11.9. The summed E-state index contributed by atoms with van der Waals surface area (Å²) >= 11 is 7.24. The molecule has 1 aliphatic rings. The number of carbonyl (C=O) groups excluding carboxylic acids is 1. The Labute approximate surface area is 133 Å². The Kier molecular flexibility index (Phi) is 5.53.